The molecule has 1 aromatic heterocycles. The summed E-state index contributed by atoms with van der Waals surface area (Å²) in [7, 11) is 0. The molecule has 2 aromatic rings. The standard InChI is InChI=1S/C20H23N3O2/c1-3-14(2)22-19(24)18-12-16(8-10-21-18)20(25)23-11-9-15-6-4-5-7-17(15)13-23/h4-8,10,12,14H,3,9,11,13H2,1-2H3,(H,22,24). The van der Waals surface area contributed by atoms with Crippen LogP contribution in [-0.4, -0.2) is 34.3 Å². The molecule has 1 aromatic carbocycles. The first kappa shape index (κ1) is 17.1. The second-order valence-corrected chi connectivity index (χ2v) is 6.46. The van der Waals surface area contributed by atoms with Crippen molar-refractivity contribution in [2.24, 2.45) is 0 Å². The summed E-state index contributed by atoms with van der Waals surface area (Å²) in [5.74, 6) is -0.303. The first-order chi connectivity index (χ1) is 12.1. The quantitative estimate of drug-likeness (QED) is 0.933. The van der Waals surface area contributed by atoms with E-state index >= 15 is 0 Å². The van der Waals surface area contributed by atoms with Crippen LogP contribution < -0.4 is 5.32 Å². The van der Waals surface area contributed by atoms with E-state index in [-0.39, 0.29) is 23.6 Å². The maximum atomic E-state index is 12.8. The molecule has 0 saturated carbocycles. The predicted molar refractivity (Wildman–Crippen MR) is 96.3 cm³/mol. The van der Waals surface area contributed by atoms with Crippen molar-refractivity contribution in [1.29, 1.82) is 0 Å². The van der Waals surface area contributed by atoms with Gasteiger partial charge in [0.15, 0.2) is 0 Å². The molecule has 3 rings (SSSR count). The van der Waals surface area contributed by atoms with Gasteiger partial charge in [-0.05, 0) is 43.0 Å². The zero-order valence-electron chi connectivity index (χ0n) is 14.7. The molecule has 0 bridgehead atoms. The second-order valence-electron chi connectivity index (χ2n) is 6.46. The summed E-state index contributed by atoms with van der Waals surface area (Å²) in [5, 5.41) is 2.88. The van der Waals surface area contributed by atoms with Crippen molar-refractivity contribution in [1.82, 2.24) is 15.2 Å². The molecule has 1 N–H and O–H groups in total. The first-order valence-electron chi connectivity index (χ1n) is 8.71. The average Bonchev–Trinajstić information content (AvgIpc) is 2.67. The van der Waals surface area contributed by atoms with Crippen molar-refractivity contribution >= 4 is 11.8 Å². The minimum absolute atomic E-state index is 0.0607. The Morgan fingerprint density at radius 3 is 2.76 bits per heavy atom. The summed E-state index contributed by atoms with van der Waals surface area (Å²) in [5.41, 5.74) is 3.27. The molecule has 0 spiro atoms. The van der Waals surface area contributed by atoms with Gasteiger partial charge in [-0.1, -0.05) is 31.2 Å². The highest BCUT2D eigenvalue weighted by atomic mass is 16.2. The van der Waals surface area contributed by atoms with E-state index in [1.807, 2.05) is 30.9 Å². The zero-order valence-corrected chi connectivity index (χ0v) is 14.7. The van der Waals surface area contributed by atoms with E-state index in [1.54, 1.807) is 12.1 Å². The number of rotatable bonds is 4. The Morgan fingerprint density at radius 2 is 2.00 bits per heavy atom. The van der Waals surface area contributed by atoms with Gasteiger partial charge >= 0.3 is 0 Å². The Labute approximate surface area is 148 Å². The minimum atomic E-state index is -0.243. The molecule has 5 heteroatoms. The fourth-order valence-electron chi connectivity index (χ4n) is 2.94. The average molecular weight is 337 g/mol. The number of carbonyl (C=O) groups excluding carboxylic acids is 2. The molecule has 0 radical (unpaired) electrons. The monoisotopic (exact) mass is 337 g/mol. The number of carbonyl (C=O) groups is 2. The van der Waals surface area contributed by atoms with Crippen LogP contribution in [-0.2, 0) is 13.0 Å². The van der Waals surface area contributed by atoms with Crippen molar-refractivity contribution in [2.75, 3.05) is 6.54 Å². The molecule has 1 aliphatic heterocycles. The summed E-state index contributed by atoms with van der Waals surface area (Å²) in [6.07, 6.45) is 3.22. The third kappa shape index (κ3) is 3.87. The zero-order chi connectivity index (χ0) is 17.8. The van der Waals surface area contributed by atoms with E-state index in [1.165, 1.54) is 17.3 Å². The Balaban J connectivity index is 1.75. The Hall–Kier alpha value is -2.69. The molecule has 0 aliphatic carbocycles. The molecule has 0 saturated heterocycles. The molecule has 0 fully saturated rings. The van der Waals surface area contributed by atoms with Gasteiger partial charge in [0, 0.05) is 30.9 Å². The van der Waals surface area contributed by atoms with E-state index < -0.39 is 0 Å². The molecule has 2 heterocycles. The van der Waals surface area contributed by atoms with Gasteiger partial charge in [-0.25, -0.2) is 0 Å². The third-order valence-corrected chi connectivity index (χ3v) is 4.65. The fourth-order valence-corrected chi connectivity index (χ4v) is 2.94. The molecule has 130 valence electrons. The number of hydrogen-bond acceptors (Lipinski definition) is 3. The van der Waals surface area contributed by atoms with E-state index in [4.69, 9.17) is 0 Å². The number of fused-ring (bicyclic) bond motifs is 1. The lowest BCUT2D eigenvalue weighted by molar-refractivity contribution is 0.0734. The summed E-state index contributed by atoms with van der Waals surface area (Å²) in [6, 6.07) is 11.5. The van der Waals surface area contributed by atoms with Gasteiger partial charge in [-0.3, -0.25) is 14.6 Å². The van der Waals surface area contributed by atoms with Crippen molar-refractivity contribution in [3.05, 3.63) is 65.0 Å². The third-order valence-electron chi connectivity index (χ3n) is 4.65. The van der Waals surface area contributed by atoms with Crippen LogP contribution in [0, 0.1) is 0 Å². The van der Waals surface area contributed by atoms with Crippen LogP contribution in [0.15, 0.2) is 42.6 Å². The molecule has 1 aliphatic rings. The Kier molecular flexibility index (Phi) is 5.12. The largest absolute Gasteiger partial charge is 0.348 e. The number of benzene rings is 1. The highest BCUT2D eigenvalue weighted by molar-refractivity contribution is 5.98. The SMILES string of the molecule is CCC(C)NC(=O)c1cc(C(=O)N2CCc3ccccc3C2)ccn1. The van der Waals surface area contributed by atoms with Crippen LogP contribution in [0.2, 0.25) is 0 Å². The number of amides is 2. The predicted octanol–water partition coefficient (Wildman–Crippen LogP) is 2.81. The molecule has 2 amide bonds. The number of nitrogens with zero attached hydrogens (tertiary/aromatic N) is 2. The molecule has 1 atom stereocenters. The summed E-state index contributed by atoms with van der Waals surface area (Å²) < 4.78 is 0. The molecular formula is C20H23N3O2. The number of hydrogen-bond donors (Lipinski definition) is 1. The van der Waals surface area contributed by atoms with Crippen LogP contribution in [0.25, 0.3) is 0 Å². The van der Waals surface area contributed by atoms with Gasteiger partial charge in [0.1, 0.15) is 5.69 Å². The van der Waals surface area contributed by atoms with Crippen molar-refractivity contribution in [3.63, 3.8) is 0 Å². The summed E-state index contributed by atoms with van der Waals surface area (Å²) in [4.78, 5) is 31.0. The number of pyridine rings is 1. The smallest absolute Gasteiger partial charge is 0.270 e. The lowest BCUT2D eigenvalue weighted by Gasteiger charge is -2.29. The highest BCUT2D eigenvalue weighted by Gasteiger charge is 2.22. The van der Waals surface area contributed by atoms with Crippen LogP contribution in [0.4, 0.5) is 0 Å². The molecule has 5 nitrogen and oxygen atoms in total. The highest BCUT2D eigenvalue weighted by Crippen LogP contribution is 2.20. The number of nitrogens with one attached hydrogen (secondary N) is 1. The van der Waals surface area contributed by atoms with E-state index in [9.17, 15) is 9.59 Å². The molecular weight excluding hydrogens is 314 g/mol. The molecule has 25 heavy (non-hydrogen) atoms. The maximum absolute atomic E-state index is 12.8. The van der Waals surface area contributed by atoms with Crippen LogP contribution in [0.5, 0.6) is 0 Å². The van der Waals surface area contributed by atoms with Gasteiger partial charge in [-0.15, -0.1) is 0 Å². The lowest BCUT2D eigenvalue weighted by Crippen LogP contribution is -2.36. The van der Waals surface area contributed by atoms with Crippen molar-refractivity contribution in [2.45, 2.75) is 39.3 Å². The van der Waals surface area contributed by atoms with E-state index in [0.717, 1.165) is 12.8 Å². The Bertz CT molecular complexity index is 788. The minimum Gasteiger partial charge on any atom is -0.348 e. The van der Waals surface area contributed by atoms with E-state index in [2.05, 4.69) is 22.4 Å². The van der Waals surface area contributed by atoms with Crippen molar-refractivity contribution < 1.29 is 9.59 Å². The lowest BCUT2D eigenvalue weighted by atomic mass is 9.99. The number of aromatic nitrogens is 1. The van der Waals surface area contributed by atoms with Crippen LogP contribution >= 0.6 is 0 Å². The van der Waals surface area contributed by atoms with Gasteiger partial charge in [0.25, 0.3) is 11.8 Å². The summed E-state index contributed by atoms with van der Waals surface area (Å²) in [6.45, 7) is 5.24. The van der Waals surface area contributed by atoms with Gasteiger partial charge < -0.3 is 10.2 Å². The van der Waals surface area contributed by atoms with Gasteiger partial charge in [0.05, 0.1) is 0 Å². The topological polar surface area (TPSA) is 62.3 Å². The second kappa shape index (κ2) is 7.47. The van der Waals surface area contributed by atoms with Crippen molar-refractivity contribution in [3.8, 4) is 0 Å². The van der Waals surface area contributed by atoms with E-state index in [0.29, 0.717) is 18.7 Å². The van der Waals surface area contributed by atoms with Crippen LogP contribution in [0.1, 0.15) is 52.2 Å². The first-order valence-corrected chi connectivity index (χ1v) is 8.71. The molecule has 1 unspecified atom stereocenters. The summed E-state index contributed by atoms with van der Waals surface area (Å²) >= 11 is 0. The fraction of sp³-hybridized carbons (Fsp3) is 0.350. The Morgan fingerprint density at radius 1 is 1.24 bits per heavy atom. The normalized spacial score (nSPS) is 14.6. The van der Waals surface area contributed by atoms with Gasteiger partial charge in [0.2, 0.25) is 0 Å². The van der Waals surface area contributed by atoms with Gasteiger partial charge in [-0.2, -0.15) is 0 Å². The van der Waals surface area contributed by atoms with Crippen LogP contribution in [0.3, 0.4) is 0 Å². The maximum Gasteiger partial charge on any atom is 0.270 e.